The van der Waals surface area contributed by atoms with Crippen molar-refractivity contribution in [2.75, 3.05) is 12.4 Å². The Hall–Kier alpha value is -2.43. The van der Waals surface area contributed by atoms with Gasteiger partial charge in [0.15, 0.2) is 5.82 Å². The Bertz CT molecular complexity index is 656. The first kappa shape index (κ1) is 14.0. The Morgan fingerprint density at radius 2 is 2.05 bits per heavy atom. The van der Waals surface area contributed by atoms with Crippen LogP contribution in [0, 0.1) is 19.7 Å². The number of methoxy groups -OCH3 is 1. The van der Waals surface area contributed by atoms with E-state index in [-0.39, 0.29) is 5.56 Å². The quantitative estimate of drug-likeness (QED) is 0.935. The van der Waals surface area contributed by atoms with E-state index in [1.54, 1.807) is 13.2 Å². The summed E-state index contributed by atoms with van der Waals surface area (Å²) in [4.78, 5) is 15.7. The summed E-state index contributed by atoms with van der Waals surface area (Å²) in [6.45, 7) is 3.75. The number of ether oxygens (including phenoxy) is 1. The second-order valence-corrected chi connectivity index (χ2v) is 4.40. The topological polar surface area (TPSA) is 51.2 Å². The Balaban J connectivity index is 2.32. The minimum absolute atomic E-state index is 0.0426. The number of nitrogens with one attached hydrogen (secondary N) is 1. The van der Waals surface area contributed by atoms with E-state index in [0.717, 1.165) is 17.3 Å². The van der Waals surface area contributed by atoms with E-state index in [9.17, 15) is 9.18 Å². The van der Waals surface area contributed by atoms with E-state index in [4.69, 9.17) is 4.74 Å². The lowest BCUT2D eigenvalue weighted by molar-refractivity contribution is 0.102. The molecule has 2 rings (SSSR count). The van der Waals surface area contributed by atoms with E-state index >= 15 is 0 Å². The average molecular weight is 274 g/mol. The minimum Gasteiger partial charge on any atom is -0.496 e. The van der Waals surface area contributed by atoms with Crippen LogP contribution in [0.25, 0.3) is 0 Å². The van der Waals surface area contributed by atoms with E-state index in [2.05, 4.69) is 10.3 Å². The molecule has 1 heterocycles. The Morgan fingerprint density at radius 3 is 2.70 bits per heavy atom. The predicted octanol–water partition coefficient (Wildman–Crippen LogP) is 3.10. The number of carbonyl (C=O) groups excluding carboxylic acids is 1. The van der Waals surface area contributed by atoms with Gasteiger partial charge in [0.1, 0.15) is 5.75 Å². The molecule has 0 unspecified atom stereocenters. The van der Waals surface area contributed by atoms with Crippen LogP contribution in [0.3, 0.4) is 0 Å². The highest BCUT2D eigenvalue weighted by Gasteiger charge is 2.14. The fraction of sp³-hybridized carbons (Fsp3) is 0.200. The molecule has 5 heteroatoms. The first-order valence-corrected chi connectivity index (χ1v) is 6.09. The highest BCUT2D eigenvalue weighted by atomic mass is 19.1. The number of halogens is 1. The van der Waals surface area contributed by atoms with Crippen LogP contribution in [0.5, 0.6) is 5.75 Å². The SMILES string of the molecule is COc1c(C)ccc(NC(=O)c2ccncc2F)c1C. The number of hydrogen-bond donors (Lipinski definition) is 1. The smallest absolute Gasteiger partial charge is 0.258 e. The average Bonchev–Trinajstić information content (AvgIpc) is 2.43. The number of aryl methyl sites for hydroxylation is 1. The maximum absolute atomic E-state index is 13.5. The predicted molar refractivity (Wildman–Crippen MR) is 74.6 cm³/mol. The van der Waals surface area contributed by atoms with Gasteiger partial charge in [-0.1, -0.05) is 6.07 Å². The fourth-order valence-electron chi connectivity index (χ4n) is 2.03. The number of hydrogen-bond acceptors (Lipinski definition) is 3. The van der Waals surface area contributed by atoms with Crippen molar-refractivity contribution in [2.45, 2.75) is 13.8 Å². The fourth-order valence-corrected chi connectivity index (χ4v) is 2.03. The summed E-state index contributed by atoms with van der Waals surface area (Å²) in [7, 11) is 1.57. The van der Waals surface area contributed by atoms with Crippen molar-refractivity contribution in [3.63, 3.8) is 0 Å². The lowest BCUT2D eigenvalue weighted by Crippen LogP contribution is -2.15. The highest BCUT2D eigenvalue weighted by molar-refractivity contribution is 6.04. The third-order valence-corrected chi connectivity index (χ3v) is 3.07. The van der Waals surface area contributed by atoms with Gasteiger partial charge in [0, 0.05) is 17.4 Å². The van der Waals surface area contributed by atoms with Crippen LogP contribution in [0.2, 0.25) is 0 Å². The first-order chi connectivity index (χ1) is 9.54. The van der Waals surface area contributed by atoms with Gasteiger partial charge in [-0.05, 0) is 31.5 Å². The van der Waals surface area contributed by atoms with Crippen molar-refractivity contribution in [3.8, 4) is 5.75 Å². The molecule has 0 fully saturated rings. The maximum atomic E-state index is 13.5. The second kappa shape index (κ2) is 5.69. The molecule has 1 N–H and O–H groups in total. The number of pyridine rings is 1. The summed E-state index contributed by atoms with van der Waals surface area (Å²) in [5.41, 5.74) is 2.32. The Morgan fingerprint density at radius 1 is 1.30 bits per heavy atom. The summed E-state index contributed by atoms with van der Waals surface area (Å²) in [5, 5.41) is 2.68. The van der Waals surface area contributed by atoms with Crippen LogP contribution < -0.4 is 10.1 Å². The van der Waals surface area contributed by atoms with E-state index in [1.165, 1.54) is 12.3 Å². The second-order valence-electron chi connectivity index (χ2n) is 4.40. The number of amides is 1. The number of benzene rings is 1. The molecule has 0 aliphatic rings. The van der Waals surface area contributed by atoms with Crippen LogP contribution in [-0.2, 0) is 0 Å². The van der Waals surface area contributed by atoms with Crippen molar-refractivity contribution in [2.24, 2.45) is 0 Å². The summed E-state index contributed by atoms with van der Waals surface area (Å²) in [5.74, 6) is -0.460. The first-order valence-electron chi connectivity index (χ1n) is 6.09. The molecule has 0 radical (unpaired) electrons. The van der Waals surface area contributed by atoms with Crippen molar-refractivity contribution < 1.29 is 13.9 Å². The third-order valence-electron chi connectivity index (χ3n) is 3.07. The normalized spacial score (nSPS) is 10.2. The molecule has 1 amide bonds. The van der Waals surface area contributed by atoms with Crippen LogP contribution in [0.15, 0.2) is 30.6 Å². The molecule has 0 aliphatic heterocycles. The van der Waals surface area contributed by atoms with E-state index in [0.29, 0.717) is 11.4 Å². The zero-order chi connectivity index (χ0) is 14.7. The Kier molecular flexibility index (Phi) is 3.98. The van der Waals surface area contributed by atoms with Crippen molar-refractivity contribution in [1.82, 2.24) is 4.98 Å². The molecular weight excluding hydrogens is 259 g/mol. The van der Waals surface area contributed by atoms with Gasteiger partial charge in [-0.2, -0.15) is 0 Å². The summed E-state index contributed by atoms with van der Waals surface area (Å²) in [6.07, 6.45) is 2.39. The maximum Gasteiger partial charge on any atom is 0.258 e. The molecule has 0 saturated heterocycles. The summed E-state index contributed by atoms with van der Waals surface area (Å²) in [6, 6.07) is 4.94. The van der Waals surface area contributed by atoms with Crippen LogP contribution >= 0.6 is 0 Å². The van der Waals surface area contributed by atoms with Gasteiger partial charge in [0.2, 0.25) is 0 Å². The molecule has 0 spiro atoms. The van der Waals surface area contributed by atoms with Crippen molar-refractivity contribution in [1.29, 1.82) is 0 Å². The molecule has 2 aromatic rings. The van der Waals surface area contributed by atoms with E-state index in [1.807, 2.05) is 19.9 Å². The van der Waals surface area contributed by atoms with Gasteiger partial charge in [0.25, 0.3) is 5.91 Å². The summed E-state index contributed by atoms with van der Waals surface area (Å²) < 4.78 is 18.8. The van der Waals surface area contributed by atoms with E-state index < -0.39 is 11.7 Å². The molecule has 20 heavy (non-hydrogen) atoms. The largest absolute Gasteiger partial charge is 0.496 e. The molecule has 0 atom stereocenters. The molecule has 104 valence electrons. The number of carbonyl (C=O) groups is 1. The van der Waals surface area contributed by atoms with Gasteiger partial charge in [0.05, 0.1) is 18.9 Å². The van der Waals surface area contributed by atoms with Gasteiger partial charge >= 0.3 is 0 Å². The lowest BCUT2D eigenvalue weighted by Gasteiger charge is -2.14. The zero-order valence-electron chi connectivity index (χ0n) is 11.5. The molecule has 0 bridgehead atoms. The Labute approximate surface area is 116 Å². The number of anilines is 1. The number of aromatic nitrogens is 1. The molecule has 1 aromatic heterocycles. The number of rotatable bonds is 3. The monoisotopic (exact) mass is 274 g/mol. The van der Waals surface area contributed by atoms with Crippen LogP contribution in [0.4, 0.5) is 10.1 Å². The zero-order valence-corrected chi connectivity index (χ0v) is 11.5. The number of nitrogens with zero attached hydrogens (tertiary/aromatic N) is 1. The third kappa shape index (κ3) is 2.61. The molecule has 1 aromatic carbocycles. The highest BCUT2D eigenvalue weighted by Crippen LogP contribution is 2.29. The summed E-state index contributed by atoms with van der Waals surface area (Å²) >= 11 is 0. The standard InChI is InChI=1S/C15H15FN2O2/c1-9-4-5-13(10(2)14(9)20-3)18-15(19)11-6-7-17-8-12(11)16/h4-8H,1-3H3,(H,18,19). The van der Waals surface area contributed by atoms with Crippen LogP contribution in [0.1, 0.15) is 21.5 Å². The van der Waals surface area contributed by atoms with Crippen molar-refractivity contribution >= 4 is 11.6 Å². The molecule has 0 aliphatic carbocycles. The van der Waals surface area contributed by atoms with Gasteiger partial charge in [-0.25, -0.2) is 4.39 Å². The van der Waals surface area contributed by atoms with Crippen LogP contribution in [-0.4, -0.2) is 18.0 Å². The lowest BCUT2D eigenvalue weighted by atomic mass is 10.1. The minimum atomic E-state index is -0.651. The molecular formula is C15H15FN2O2. The van der Waals surface area contributed by atoms with Gasteiger partial charge < -0.3 is 10.1 Å². The van der Waals surface area contributed by atoms with Gasteiger partial charge in [-0.15, -0.1) is 0 Å². The molecule has 4 nitrogen and oxygen atoms in total. The van der Waals surface area contributed by atoms with Gasteiger partial charge in [-0.3, -0.25) is 9.78 Å². The molecule has 0 saturated carbocycles. The van der Waals surface area contributed by atoms with Crippen molar-refractivity contribution in [3.05, 3.63) is 53.1 Å².